The van der Waals surface area contributed by atoms with E-state index < -0.39 is 0 Å². The Labute approximate surface area is 204 Å². The number of ether oxygens (including phenoxy) is 2. The van der Waals surface area contributed by atoms with Crippen molar-refractivity contribution in [1.82, 2.24) is 9.55 Å². The quantitative estimate of drug-likeness (QED) is 0.212. The normalized spacial score (nSPS) is 11.1. The van der Waals surface area contributed by atoms with Crippen molar-refractivity contribution in [2.75, 3.05) is 12.5 Å². The largest absolute Gasteiger partial charge is 0.493 e. The molecule has 0 atom stereocenters. The Bertz CT molecular complexity index is 1430. The number of fused-ring (bicyclic) bond motifs is 1. The van der Waals surface area contributed by atoms with Crippen molar-refractivity contribution in [3.05, 3.63) is 120 Å². The first-order valence-electron chi connectivity index (χ1n) is 11.4. The summed E-state index contributed by atoms with van der Waals surface area (Å²) in [6.45, 7) is 1.17. The number of methoxy groups -OCH3 is 1. The number of benzene rings is 4. The van der Waals surface area contributed by atoms with Crippen LogP contribution in [0.1, 0.15) is 16.7 Å². The van der Waals surface area contributed by atoms with Gasteiger partial charge in [-0.2, -0.15) is 5.10 Å². The van der Waals surface area contributed by atoms with Crippen LogP contribution in [0.15, 0.2) is 108 Å². The van der Waals surface area contributed by atoms with E-state index in [2.05, 4.69) is 33.3 Å². The second-order valence-corrected chi connectivity index (χ2v) is 8.05. The molecule has 0 aliphatic rings. The lowest BCUT2D eigenvalue weighted by atomic mass is 10.2. The predicted octanol–water partition coefficient (Wildman–Crippen LogP) is 6.12. The van der Waals surface area contributed by atoms with Crippen molar-refractivity contribution in [3.63, 3.8) is 0 Å². The number of anilines is 1. The van der Waals surface area contributed by atoms with Gasteiger partial charge in [0, 0.05) is 0 Å². The smallest absolute Gasteiger partial charge is 0.225 e. The molecule has 0 unspecified atom stereocenters. The number of hydrazone groups is 1. The van der Waals surface area contributed by atoms with Crippen LogP contribution in [0, 0.1) is 0 Å². The van der Waals surface area contributed by atoms with Crippen LogP contribution in [0.3, 0.4) is 0 Å². The summed E-state index contributed by atoms with van der Waals surface area (Å²) in [4.78, 5) is 4.73. The van der Waals surface area contributed by atoms with E-state index in [-0.39, 0.29) is 0 Å². The lowest BCUT2D eigenvalue weighted by molar-refractivity contribution is 0.284. The van der Waals surface area contributed by atoms with Gasteiger partial charge in [-0.1, -0.05) is 72.8 Å². The molecule has 0 spiro atoms. The molecule has 1 heterocycles. The van der Waals surface area contributed by atoms with E-state index in [9.17, 15) is 0 Å². The van der Waals surface area contributed by atoms with E-state index in [0.717, 1.165) is 22.2 Å². The average Bonchev–Trinajstić information content (AvgIpc) is 3.26. The minimum absolute atomic E-state index is 0.476. The molecule has 1 aromatic heterocycles. The van der Waals surface area contributed by atoms with Gasteiger partial charge in [0.15, 0.2) is 11.5 Å². The van der Waals surface area contributed by atoms with Gasteiger partial charge in [0.05, 0.1) is 30.9 Å². The fourth-order valence-corrected chi connectivity index (χ4v) is 3.87. The van der Waals surface area contributed by atoms with Gasteiger partial charge in [0.25, 0.3) is 0 Å². The summed E-state index contributed by atoms with van der Waals surface area (Å²) in [5, 5.41) is 4.45. The van der Waals surface area contributed by atoms with E-state index in [4.69, 9.17) is 14.5 Å². The third kappa shape index (κ3) is 5.33. The third-order valence-corrected chi connectivity index (χ3v) is 5.64. The van der Waals surface area contributed by atoms with E-state index in [1.54, 1.807) is 13.3 Å². The van der Waals surface area contributed by atoms with Gasteiger partial charge in [0.1, 0.15) is 6.61 Å². The molecule has 35 heavy (non-hydrogen) atoms. The van der Waals surface area contributed by atoms with Crippen molar-refractivity contribution < 1.29 is 9.47 Å². The second-order valence-electron chi connectivity index (χ2n) is 8.05. The molecule has 0 fully saturated rings. The average molecular weight is 463 g/mol. The van der Waals surface area contributed by atoms with Crippen LogP contribution in [0.5, 0.6) is 11.5 Å². The predicted molar refractivity (Wildman–Crippen MR) is 140 cm³/mol. The number of rotatable bonds is 9. The topological polar surface area (TPSA) is 60.7 Å². The Morgan fingerprint density at radius 3 is 2.31 bits per heavy atom. The van der Waals surface area contributed by atoms with E-state index >= 15 is 0 Å². The zero-order chi connectivity index (χ0) is 23.9. The number of nitrogens with one attached hydrogen (secondary N) is 1. The first kappa shape index (κ1) is 22.2. The zero-order valence-corrected chi connectivity index (χ0v) is 19.5. The Balaban J connectivity index is 1.32. The number of hydrogen-bond acceptors (Lipinski definition) is 5. The van der Waals surface area contributed by atoms with Crippen molar-refractivity contribution in [1.29, 1.82) is 0 Å². The second kappa shape index (κ2) is 10.6. The number of nitrogens with zero attached hydrogens (tertiary/aromatic N) is 3. The van der Waals surface area contributed by atoms with Crippen molar-refractivity contribution in [2.45, 2.75) is 13.2 Å². The van der Waals surface area contributed by atoms with Gasteiger partial charge in [-0.3, -0.25) is 0 Å². The molecular formula is C29H26N4O2. The molecule has 0 saturated heterocycles. The molecule has 6 nitrogen and oxygen atoms in total. The van der Waals surface area contributed by atoms with Gasteiger partial charge in [0.2, 0.25) is 5.95 Å². The van der Waals surface area contributed by atoms with Gasteiger partial charge >= 0.3 is 0 Å². The minimum atomic E-state index is 0.476. The van der Waals surface area contributed by atoms with Crippen LogP contribution in [0.25, 0.3) is 11.0 Å². The van der Waals surface area contributed by atoms with Crippen molar-refractivity contribution in [2.24, 2.45) is 5.10 Å². The Kier molecular flexibility index (Phi) is 6.71. The molecule has 0 aliphatic heterocycles. The summed E-state index contributed by atoms with van der Waals surface area (Å²) in [5.74, 6) is 2.02. The van der Waals surface area contributed by atoms with Crippen molar-refractivity contribution in [3.8, 4) is 11.5 Å². The maximum absolute atomic E-state index is 5.95. The molecule has 1 N–H and O–H groups in total. The van der Waals surface area contributed by atoms with Crippen LogP contribution in [0.4, 0.5) is 5.95 Å². The summed E-state index contributed by atoms with van der Waals surface area (Å²) < 4.78 is 13.6. The molecule has 0 amide bonds. The van der Waals surface area contributed by atoms with E-state index in [1.807, 2.05) is 84.9 Å². The number of imidazole rings is 1. The minimum Gasteiger partial charge on any atom is -0.493 e. The van der Waals surface area contributed by atoms with Crippen LogP contribution in [-0.2, 0) is 13.2 Å². The molecule has 0 bridgehead atoms. The zero-order valence-electron chi connectivity index (χ0n) is 19.5. The highest BCUT2D eigenvalue weighted by atomic mass is 16.5. The molecule has 174 valence electrons. The number of para-hydroxylation sites is 2. The van der Waals surface area contributed by atoms with Gasteiger partial charge in [-0.25, -0.2) is 10.4 Å². The Morgan fingerprint density at radius 2 is 1.54 bits per heavy atom. The number of hydrogen-bond donors (Lipinski definition) is 1. The van der Waals surface area contributed by atoms with Gasteiger partial charge < -0.3 is 14.0 Å². The van der Waals surface area contributed by atoms with Crippen LogP contribution in [-0.4, -0.2) is 22.9 Å². The highest BCUT2D eigenvalue weighted by molar-refractivity contribution is 5.82. The van der Waals surface area contributed by atoms with Crippen LogP contribution < -0.4 is 14.9 Å². The maximum atomic E-state index is 5.95. The maximum Gasteiger partial charge on any atom is 0.225 e. The van der Waals surface area contributed by atoms with Crippen molar-refractivity contribution >= 4 is 23.2 Å². The molecular weight excluding hydrogens is 436 g/mol. The lowest BCUT2D eigenvalue weighted by Crippen LogP contribution is -2.05. The summed E-state index contributed by atoms with van der Waals surface area (Å²) >= 11 is 0. The molecule has 5 aromatic rings. The lowest BCUT2D eigenvalue weighted by Gasteiger charge is -2.11. The SMILES string of the molecule is COc1cc(C=NNc2nc3ccccc3n2Cc2ccccc2)ccc1OCc1ccccc1. The highest BCUT2D eigenvalue weighted by Gasteiger charge is 2.10. The Morgan fingerprint density at radius 1 is 0.829 bits per heavy atom. The fourth-order valence-electron chi connectivity index (χ4n) is 3.87. The van der Waals surface area contributed by atoms with Crippen LogP contribution in [0.2, 0.25) is 0 Å². The van der Waals surface area contributed by atoms with Gasteiger partial charge in [-0.05, 0) is 47.0 Å². The summed E-state index contributed by atoms with van der Waals surface area (Å²) in [6, 6.07) is 34.2. The first-order chi connectivity index (χ1) is 17.3. The molecule has 4 aromatic carbocycles. The third-order valence-electron chi connectivity index (χ3n) is 5.64. The summed E-state index contributed by atoms with van der Waals surface area (Å²) in [5.41, 5.74) is 8.26. The molecule has 0 saturated carbocycles. The van der Waals surface area contributed by atoms with E-state index in [0.29, 0.717) is 30.6 Å². The fraction of sp³-hybridized carbons (Fsp3) is 0.103. The molecule has 5 rings (SSSR count). The molecule has 6 heteroatoms. The monoisotopic (exact) mass is 462 g/mol. The molecule has 0 radical (unpaired) electrons. The summed E-state index contributed by atoms with van der Waals surface area (Å²) in [7, 11) is 1.63. The molecule has 0 aliphatic carbocycles. The summed E-state index contributed by atoms with van der Waals surface area (Å²) in [6.07, 6.45) is 1.75. The van der Waals surface area contributed by atoms with E-state index in [1.165, 1.54) is 5.56 Å². The van der Waals surface area contributed by atoms with Gasteiger partial charge in [-0.15, -0.1) is 0 Å². The van der Waals surface area contributed by atoms with Crippen LogP contribution >= 0.6 is 0 Å². The Hall–Kier alpha value is -4.58. The highest BCUT2D eigenvalue weighted by Crippen LogP contribution is 2.28. The standard InChI is InChI=1S/C29H26N4O2/c1-34-28-18-24(16-17-27(28)35-21-23-12-6-3-7-13-23)19-30-32-29-31-25-14-8-9-15-26(25)33(29)20-22-10-4-2-5-11-22/h2-19H,20-21H2,1H3,(H,31,32). The number of aromatic nitrogens is 2. The first-order valence-corrected chi connectivity index (χ1v) is 11.4.